The minimum atomic E-state index is 0.156. The largest absolute Gasteiger partial charge is 0.379 e. The molecule has 0 amide bonds. The van der Waals surface area contributed by atoms with Crippen molar-refractivity contribution in [2.75, 3.05) is 18.5 Å². The third-order valence-electron chi connectivity index (χ3n) is 4.22. The lowest BCUT2D eigenvalue weighted by Gasteiger charge is -2.21. The molecule has 5 nitrogen and oxygen atoms in total. The van der Waals surface area contributed by atoms with E-state index in [1.165, 1.54) is 5.56 Å². The third-order valence-corrected chi connectivity index (χ3v) is 4.22. The molecule has 3 heterocycles. The third kappa shape index (κ3) is 3.49. The van der Waals surface area contributed by atoms with Crippen LogP contribution in [0.4, 0.5) is 5.82 Å². The fourth-order valence-corrected chi connectivity index (χ4v) is 3.04. The zero-order chi connectivity index (χ0) is 16.2. The first-order chi connectivity index (χ1) is 11.2. The summed E-state index contributed by atoms with van der Waals surface area (Å²) in [5, 5.41) is 12.8. The van der Waals surface area contributed by atoms with Gasteiger partial charge in [0.25, 0.3) is 0 Å². The highest BCUT2D eigenvalue weighted by Crippen LogP contribution is 2.25. The lowest BCUT2D eigenvalue weighted by atomic mass is 9.95. The Kier molecular flexibility index (Phi) is 4.54. The maximum absolute atomic E-state index is 9.40. The van der Waals surface area contributed by atoms with Gasteiger partial charge in [0.2, 0.25) is 0 Å². The zero-order valence-electron chi connectivity index (χ0n) is 13.4. The van der Waals surface area contributed by atoms with Crippen LogP contribution in [-0.4, -0.2) is 29.2 Å². The second kappa shape index (κ2) is 6.76. The fraction of sp³-hybridized carbons (Fsp3) is 0.389. The Balaban J connectivity index is 1.78. The Morgan fingerprint density at radius 3 is 2.83 bits per heavy atom. The van der Waals surface area contributed by atoms with Crippen LogP contribution in [-0.2, 0) is 11.2 Å². The number of hydrogen-bond donors (Lipinski definition) is 1. The van der Waals surface area contributed by atoms with E-state index in [-0.39, 0.29) is 6.04 Å². The molecule has 0 aromatic carbocycles. The summed E-state index contributed by atoms with van der Waals surface area (Å²) in [6.07, 6.45) is 4.55. The van der Waals surface area contributed by atoms with E-state index < -0.39 is 0 Å². The molecule has 0 spiro atoms. The summed E-state index contributed by atoms with van der Waals surface area (Å²) < 4.78 is 5.66. The molecule has 118 valence electrons. The molecular weight excluding hydrogens is 288 g/mol. The predicted octanol–water partition coefficient (Wildman–Crippen LogP) is 2.63. The van der Waals surface area contributed by atoms with Crippen LogP contribution in [0, 0.1) is 31.1 Å². The second-order valence-electron chi connectivity index (χ2n) is 6.02. The van der Waals surface area contributed by atoms with E-state index in [1.54, 1.807) is 0 Å². The first-order valence-electron chi connectivity index (χ1n) is 7.79. The SMILES string of the molecule is Cc1cc(C)c(C#N)c(N[C@@H]2COC[C@H]2Cc2ccncc2)n1. The van der Waals surface area contributed by atoms with Gasteiger partial charge in [-0.2, -0.15) is 5.26 Å². The lowest BCUT2D eigenvalue weighted by Crippen LogP contribution is -2.30. The number of nitrogens with zero attached hydrogens (tertiary/aromatic N) is 3. The van der Waals surface area contributed by atoms with Crippen molar-refractivity contribution >= 4 is 5.82 Å². The highest BCUT2D eigenvalue weighted by atomic mass is 16.5. The summed E-state index contributed by atoms with van der Waals surface area (Å²) >= 11 is 0. The second-order valence-corrected chi connectivity index (χ2v) is 6.02. The van der Waals surface area contributed by atoms with Crippen molar-refractivity contribution in [3.63, 3.8) is 0 Å². The minimum absolute atomic E-state index is 0.156. The number of nitrogens with one attached hydrogen (secondary N) is 1. The number of ether oxygens (including phenoxy) is 1. The van der Waals surface area contributed by atoms with E-state index in [2.05, 4.69) is 21.4 Å². The van der Waals surface area contributed by atoms with Crippen LogP contribution >= 0.6 is 0 Å². The quantitative estimate of drug-likeness (QED) is 0.940. The van der Waals surface area contributed by atoms with Gasteiger partial charge in [-0.1, -0.05) is 0 Å². The topological polar surface area (TPSA) is 70.8 Å². The Bertz CT molecular complexity index is 724. The molecule has 1 saturated heterocycles. The Morgan fingerprint density at radius 1 is 1.30 bits per heavy atom. The smallest absolute Gasteiger partial charge is 0.144 e. The number of pyridine rings is 2. The number of hydrogen-bond acceptors (Lipinski definition) is 5. The standard InChI is InChI=1S/C18H20N4O/c1-12-7-13(2)21-18(16(12)9-19)22-17-11-23-10-15(17)8-14-3-5-20-6-4-14/h3-7,15,17H,8,10-11H2,1-2H3,(H,21,22)/t15-,17-/m1/s1. The van der Waals surface area contributed by atoms with Crippen molar-refractivity contribution in [2.45, 2.75) is 26.3 Å². The molecule has 0 aliphatic carbocycles. The maximum atomic E-state index is 9.40. The van der Waals surface area contributed by atoms with Crippen LogP contribution in [0.15, 0.2) is 30.6 Å². The number of rotatable bonds is 4. The van der Waals surface area contributed by atoms with Gasteiger partial charge in [-0.05, 0) is 49.6 Å². The van der Waals surface area contributed by atoms with E-state index in [0.717, 1.165) is 17.7 Å². The highest BCUT2D eigenvalue weighted by Gasteiger charge is 2.29. The Labute approximate surface area is 136 Å². The molecule has 2 aromatic rings. The molecule has 0 bridgehead atoms. The van der Waals surface area contributed by atoms with Gasteiger partial charge >= 0.3 is 0 Å². The van der Waals surface area contributed by atoms with Crippen molar-refractivity contribution in [3.8, 4) is 6.07 Å². The van der Waals surface area contributed by atoms with Gasteiger partial charge in [-0.25, -0.2) is 4.98 Å². The van der Waals surface area contributed by atoms with E-state index in [0.29, 0.717) is 30.5 Å². The predicted molar refractivity (Wildman–Crippen MR) is 88.1 cm³/mol. The van der Waals surface area contributed by atoms with E-state index in [4.69, 9.17) is 4.74 Å². The first-order valence-corrected chi connectivity index (χ1v) is 7.79. The van der Waals surface area contributed by atoms with Crippen LogP contribution in [0.25, 0.3) is 0 Å². The molecule has 1 N–H and O–H groups in total. The summed E-state index contributed by atoms with van der Waals surface area (Å²) in [6.45, 7) is 5.24. The minimum Gasteiger partial charge on any atom is -0.379 e. The summed E-state index contributed by atoms with van der Waals surface area (Å²) in [6, 6.07) is 8.41. The number of aromatic nitrogens is 2. The number of anilines is 1. The lowest BCUT2D eigenvalue weighted by molar-refractivity contribution is 0.185. The fourth-order valence-electron chi connectivity index (χ4n) is 3.04. The van der Waals surface area contributed by atoms with Gasteiger partial charge in [0.05, 0.1) is 24.8 Å². The number of nitriles is 1. The van der Waals surface area contributed by atoms with Crippen LogP contribution in [0.2, 0.25) is 0 Å². The monoisotopic (exact) mass is 308 g/mol. The van der Waals surface area contributed by atoms with Crippen molar-refractivity contribution in [3.05, 3.63) is 53.0 Å². The molecule has 1 aliphatic heterocycles. The first kappa shape index (κ1) is 15.4. The zero-order valence-corrected chi connectivity index (χ0v) is 13.4. The Hall–Kier alpha value is -2.45. The van der Waals surface area contributed by atoms with E-state index >= 15 is 0 Å². The van der Waals surface area contributed by atoms with E-state index in [1.807, 2.05) is 44.4 Å². The molecule has 2 aromatic heterocycles. The average Bonchev–Trinajstić information content (AvgIpc) is 2.95. The van der Waals surface area contributed by atoms with Gasteiger partial charge in [0.1, 0.15) is 11.9 Å². The van der Waals surface area contributed by atoms with Crippen LogP contribution in [0.3, 0.4) is 0 Å². The average molecular weight is 308 g/mol. The van der Waals surface area contributed by atoms with Crippen molar-refractivity contribution in [1.82, 2.24) is 9.97 Å². The van der Waals surface area contributed by atoms with E-state index in [9.17, 15) is 5.26 Å². The highest BCUT2D eigenvalue weighted by molar-refractivity contribution is 5.57. The van der Waals surface area contributed by atoms with Gasteiger partial charge in [0, 0.05) is 24.0 Å². The van der Waals surface area contributed by atoms with Crippen molar-refractivity contribution in [1.29, 1.82) is 5.26 Å². The molecule has 2 atom stereocenters. The molecule has 1 fully saturated rings. The number of aryl methyl sites for hydroxylation is 2. The molecule has 0 unspecified atom stereocenters. The summed E-state index contributed by atoms with van der Waals surface area (Å²) in [4.78, 5) is 8.57. The molecule has 5 heteroatoms. The van der Waals surface area contributed by atoms with Crippen molar-refractivity contribution in [2.24, 2.45) is 5.92 Å². The van der Waals surface area contributed by atoms with Gasteiger partial charge in [-0.15, -0.1) is 0 Å². The van der Waals surface area contributed by atoms with Gasteiger partial charge in [-0.3, -0.25) is 4.98 Å². The summed E-state index contributed by atoms with van der Waals surface area (Å²) in [5.41, 5.74) is 3.72. The molecular formula is C18H20N4O. The van der Waals surface area contributed by atoms with Crippen LogP contribution in [0.5, 0.6) is 0 Å². The van der Waals surface area contributed by atoms with Gasteiger partial charge in [0.15, 0.2) is 0 Å². The molecule has 23 heavy (non-hydrogen) atoms. The Morgan fingerprint density at radius 2 is 2.09 bits per heavy atom. The molecule has 1 aliphatic rings. The normalized spacial score (nSPS) is 20.2. The summed E-state index contributed by atoms with van der Waals surface area (Å²) in [5.74, 6) is 1.02. The maximum Gasteiger partial charge on any atom is 0.144 e. The van der Waals surface area contributed by atoms with Crippen molar-refractivity contribution < 1.29 is 4.74 Å². The van der Waals surface area contributed by atoms with Gasteiger partial charge < -0.3 is 10.1 Å². The summed E-state index contributed by atoms with van der Waals surface area (Å²) in [7, 11) is 0. The molecule has 0 radical (unpaired) electrons. The van der Waals surface area contributed by atoms with Crippen LogP contribution < -0.4 is 5.32 Å². The van der Waals surface area contributed by atoms with Crippen LogP contribution in [0.1, 0.15) is 22.4 Å². The molecule has 0 saturated carbocycles. The molecule has 3 rings (SSSR count).